The number of carbonyl (C=O) groups excluding carboxylic acids is 1. The SMILES string of the molecule is Cc1ccccc1OC[C@H](C)NC(=O)CN(c1ccccc1)S(C)(=O)=O. The molecule has 0 aliphatic carbocycles. The van der Waals surface area contributed by atoms with Crippen LogP contribution < -0.4 is 14.4 Å². The van der Waals surface area contributed by atoms with Gasteiger partial charge in [0.15, 0.2) is 0 Å². The minimum atomic E-state index is -3.57. The van der Waals surface area contributed by atoms with Crippen molar-refractivity contribution in [3.05, 3.63) is 60.2 Å². The van der Waals surface area contributed by atoms with E-state index >= 15 is 0 Å². The fourth-order valence-corrected chi connectivity index (χ4v) is 3.28. The summed E-state index contributed by atoms with van der Waals surface area (Å²) in [5, 5.41) is 2.77. The molecule has 0 saturated carbocycles. The molecule has 0 heterocycles. The van der Waals surface area contributed by atoms with Gasteiger partial charge in [-0.2, -0.15) is 0 Å². The predicted octanol–water partition coefficient (Wildman–Crippen LogP) is 2.34. The lowest BCUT2D eigenvalue weighted by Crippen LogP contribution is -2.44. The van der Waals surface area contributed by atoms with Crippen LogP contribution in [0.15, 0.2) is 54.6 Å². The second-order valence-corrected chi connectivity index (χ2v) is 8.06. The van der Waals surface area contributed by atoms with Gasteiger partial charge in [0.1, 0.15) is 18.9 Å². The lowest BCUT2D eigenvalue weighted by Gasteiger charge is -2.23. The van der Waals surface area contributed by atoms with Gasteiger partial charge < -0.3 is 10.1 Å². The number of amides is 1. The zero-order valence-electron chi connectivity index (χ0n) is 15.2. The first-order valence-corrected chi connectivity index (χ1v) is 10.1. The van der Waals surface area contributed by atoms with Crippen LogP contribution in [0.2, 0.25) is 0 Å². The fraction of sp³-hybridized carbons (Fsp3) is 0.316. The highest BCUT2D eigenvalue weighted by atomic mass is 32.2. The van der Waals surface area contributed by atoms with Crippen LogP contribution in [0.5, 0.6) is 5.75 Å². The predicted molar refractivity (Wildman–Crippen MR) is 103 cm³/mol. The Hall–Kier alpha value is -2.54. The van der Waals surface area contributed by atoms with Gasteiger partial charge in [-0.05, 0) is 37.6 Å². The fourth-order valence-electron chi connectivity index (χ4n) is 2.42. The third kappa shape index (κ3) is 5.77. The molecule has 1 amide bonds. The Morgan fingerprint density at radius 3 is 2.35 bits per heavy atom. The molecule has 0 bridgehead atoms. The molecule has 26 heavy (non-hydrogen) atoms. The summed E-state index contributed by atoms with van der Waals surface area (Å²) in [6.45, 7) is 3.77. The highest BCUT2D eigenvalue weighted by Crippen LogP contribution is 2.17. The van der Waals surface area contributed by atoms with Crippen LogP contribution in [0.1, 0.15) is 12.5 Å². The van der Waals surface area contributed by atoms with Gasteiger partial charge in [-0.1, -0.05) is 36.4 Å². The first-order valence-electron chi connectivity index (χ1n) is 8.28. The molecule has 0 saturated heterocycles. The molecule has 0 aliphatic heterocycles. The van der Waals surface area contributed by atoms with Crippen LogP contribution in [0.3, 0.4) is 0 Å². The second-order valence-electron chi connectivity index (χ2n) is 6.15. The zero-order chi connectivity index (χ0) is 19.2. The molecular weight excluding hydrogens is 352 g/mol. The van der Waals surface area contributed by atoms with Crippen molar-refractivity contribution in [3.8, 4) is 5.75 Å². The van der Waals surface area contributed by atoms with Crippen molar-refractivity contribution in [2.24, 2.45) is 0 Å². The van der Waals surface area contributed by atoms with Crippen molar-refractivity contribution in [2.45, 2.75) is 19.9 Å². The van der Waals surface area contributed by atoms with Crippen molar-refractivity contribution in [1.82, 2.24) is 5.32 Å². The summed E-state index contributed by atoms with van der Waals surface area (Å²) in [6.07, 6.45) is 1.08. The van der Waals surface area contributed by atoms with Crippen LogP contribution in [0.4, 0.5) is 5.69 Å². The van der Waals surface area contributed by atoms with Gasteiger partial charge in [0.05, 0.1) is 18.0 Å². The van der Waals surface area contributed by atoms with Crippen molar-refractivity contribution in [1.29, 1.82) is 0 Å². The summed E-state index contributed by atoms with van der Waals surface area (Å²) in [4.78, 5) is 12.3. The normalized spacial score (nSPS) is 12.3. The monoisotopic (exact) mass is 376 g/mol. The Labute approximate surface area is 154 Å². The van der Waals surface area contributed by atoms with E-state index < -0.39 is 10.0 Å². The summed E-state index contributed by atoms with van der Waals surface area (Å²) in [6, 6.07) is 15.9. The molecule has 1 N–H and O–H groups in total. The Bertz CT molecular complexity index is 838. The van der Waals surface area contributed by atoms with E-state index in [0.29, 0.717) is 12.3 Å². The van der Waals surface area contributed by atoms with Gasteiger partial charge in [-0.3, -0.25) is 9.10 Å². The van der Waals surface area contributed by atoms with E-state index in [0.717, 1.165) is 21.9 Å². The molecule has 7 heteroatoms. The smallest absolute Gasteiger partial charge is 0.241 e. The molecular formula is C19H24N2O4S. The maximum absolute atomic E-state index is 12.3. The second kappa shape index (κ2) is 8.71. The summed E-state index contributed by atoms with van der Waals surface area (Å²) in [7, 11) is -3.57. The topological polar surface area (TPSA) is 75.7 Å². The lowest BCUT2D eigenvalue weighted by atomic mass is 10.2. The highest BCUT2D eigenvalue weighted by molar-refractivity contribution is 7.92. The molecule has 0 aromatic heterocycles. The van der Waals surface area contributed by atoms with Crippen molar-refractivity contribution < 1.29 is 17.9 Å². The number of sulfonamides is 1. The first-order chi connectivity index (χ1) is 12.3. The summed E-state index contributed by atoms with van der Waals surface area (Å²) < 4.78 is 30.8. The lowest BCUT2D eigenvalue weighted by molar-refractivity contribution is -0.120. The quantitative estimate of drug-likeness (QED) is 0.767. The van der Waals surface area contributed by atoms with E-state index in [-0.39, 0.29) is 18.5 Å². The molecule has 140 valence electrons. The van der Waals surface area contributed by atoms with Gasteiger partial charge in [0, 0.05) is 0 Å². The average Bonchev–Trinajstić information content (AvgIpc) is 2.59. The van der Waals surface area contributed by atoms with E-state index in [4.69, 9.17) is 4.74 Å². The van der Waals surface area contributed by atoms with Crippen LogP contribution in [-0.4, -0.2) is 39.8 Å². The molecule has 0 spiro atoms. The zero-order valence-corrected chi connectivity index (χ0v) is 16.0. The van der Waals surface area contributed by atoms with Gasteiger partial charge in [0.25, 0.3) is 0 Å². The maximum atomic E-state index is 12.3. The minimum Gasteiger partial charge on any atom is -0.491 e. The Balaban J connectivity index is 1.94. The number of benzene rings is 2. The van der Waals surface area contributed by atoms with Crippen molar-refractivity contribution in [2.75, 3.05) is 23.7 Å². The van der Waals surface area contributed by atoms with Crippen LogP contribution >= 0.6 is 0 Å². The molecule has 2 aromatic rings. The van der Waals surface area contributed by atoms with Crippen LogP contribution in [0, 0.1) is 6.92 Å². The maximum Gasteiger partial charge on any atom is 0.241 e. The Morgan fingerprint density at radius 2 is 1.73 bits per heavy atom. The van der Waals surface area contributed by atoms with E-state index in [9.17, 15) is 13.2 Å². The molecule has 0 aliphatic rings. The molecule has 0 fully saturated rings. The number of ether oxygens (including phenoxy) is 1. The van der Waals surface area contributed by atoms with E-state index in [2.05, 4.69) is 5.32 Å². The molecule has 2 rings (SSSR count). The summed E-state index contributed by atoms with van der Waals surface area (Å²) in [5.74, 6) is 0.371. The highest BCUT2D eigenvalue weighted by Gasteiger charge is 2.21. The largest absolute Gasteiger partial charge is 0.491 e. The molecule has 6 nitrogen and oxygen atoms in total. The van der Waals surface area contributed by atoms with Crippen LogP contribution in [-0.2, 0) is 14.8 Å². The van der Waals surface area contributed by atoms with Gasteiger partial charge in [-0.15, -0.1) is 0 Å². The molecule has 1 atom stereocenters. The first kappa shape index (κ1) is 19.8. The summed E-state index contributed by atoms with van der Waals surface area (Å²) in [5.41, 5.74) is 1.47. The Kier molecular flexibility index (Phi) is 6.63. The number of aryl methyl sites for hydroxylation is 1. The number of nitrogens with one attached hydrogen (secondary N) is 1. The number of nitrogens with zero attached hydrogens (tertiary/aromatic N) is 1. The molecule has 0 radical (unpaired) electrons. The number of para-hydroxylation sites is 2. The molecule has 0 unspecified atom stereocenters. The minimum absolute atomic E-state index is 0.265. The number of hydrogen-bond acceptors (Lipinski definition) is 4. The average molecular weight is 376 g/mol. The number of carbonyl (C=O) groups is 1. The third-order valence-corrected chi connectivity index (χ3v) is 4.86. The van der Waals surface area contributed by atoms with E-state index in [1.54, 1.807) is 30.3 Å². The van der Waals surface area contributed by atoms with Crippen molar-refractivity contribution >= 4 is 21.6 Å². The Morgan fingerprint density at radius 1 is 1.12 bits per heavy atom. The van der Waals surface area contributed by atoms with Gasteiger partial charge in [0.2, 0.25) is 15.9 Å². The molecule has 2 aromatic carbocycles. The van der Waals surface area contributed by atoms with Gasteiger partial charge in [-0.25, -0.2) is 8.42 Å². The van der Waals surface area contributed by atoms with E-state index in [1.165, 1.54) is 0 Å². The summed E-state index contributed by atoms with van der Waals surface area (Å²) >= 11 is 0. The number of hydrogen-bond donors (Lipinski definition) is 1. The van der Waals surface area contributed by atoms with Crippen molar-refractivity contribution in [3.63, 3.8) is 0 Å². The third-order valence-electron chi connectivity index (χ3n) is 3.72. The van der Waals surface area contributed by atoms with Gasteiger partial charge >= 0.3 is 0 Å². The van der Waals surface area contributed by atoms with E-state index in [1.807, 2.05) is 38.1 Å². The number of rotatable bonds is 8. The van der Waals surface area contributed by atoms with Crippen LogP contribution in [0.25, 0.3) is 0 Å². The number of anilines is 1. The standard InChI is InChI=1S/C19H24N2O4S/c1-15-9-7-8-12-18(15)25-14-16(2)20-19(22)13-21(26(3,23)24)17-10-5-4-6-11-17/h4-12,16H,13-14H2,1-3H3,(H,20,22)/t16-/m0/s1.